The Morgan fingerprint density at radius 2 is 0.750 bits per heavy atom. The van der Waals surface area contributed by atoms with Crippen LogP contribution in [0.25, 0.3) is 0 Å². The van der Waals surface area contributed by atoms with E-state index in [1.807, 2.05) is 0 Å². The maximum absolute atomic E-state index is 12.5. The first kappa shape index (κ1) is 35.5. The van der Waals surface area contributed by atoms with E-state index in [0.29, 0.717) is 18.9 Å². The fourth-order valence-corrected chi connectivity index (χ4v) is 5.38. The van der Waals surface area contributed by atoms with Crippen molar-refractivity contribution in [1.82, 2.24) is 0 Å². The molecule has 0 atom stereocenters. The molecule has 0 saturated carbocycles. The maximum Gasteiger partial charge on any atom is 0.306 e. The SMILES string of the molecule is CCCCCCCCCCCCCCCOC(=O)CC(CCCCCCCC)CCCCCCCC. The first-order valence-corrected chi connectivity index (χ1v) is 16.9. The van der Waals surface area contributed by atoms with Gasteiger partial charge in [-0.3, -0.25) is 4.79 Å². The smallest absolute Gasteiger partial charge is 0.306 e. The van der Waals surface area contributed by atoms with Gasteiger partial charge < -0.3 is 4.74 Å². The average molecular weight is 509 g/mol. The summed E-state index contributed by atoms with van der Waals surface area (Å²) in [6.45, 7) is 7.48. The number of rotatable bonds is 30. The van der Waals surface area contributed by atoms with Gasteiger partial charge in [-0.05, 0) is 25.2 Å². The summed E-state index contributed by atoms with van der Waals surface area (Å²) in [6, 6.07) is 0. The van der Waals surface area contributed by atoms with Crippen LogP contribution in [0.1, 0.15) is 201 Å². The van der Waals surface area contributed by atoms with E-state index < -0.39 is 0 Å². The van der Waals surface area contributed by atoms with E-state index >= 15 is 0 Å². The van der Waals surface area contributed by atoms with E-state index in [1.165, 1.54) is 167 Å². The summed E-state index contributed by atoms with van der Waals surface area (Å²) in [5, 5.41) is 0. The Morgan fingerprint density at radius 1 is 0.444 bits per heavy atom. The molecular formula is C34H68O2. The number of hydrogen-bond acceptors (Lipinski definition) is 2. The normalized spacial score (nSPS) is 11.4. The summed E-state index contributed by atoms with van der Waals surface area (Å²) in [7, 11) is 0. The molecule has 216 valence electrons. The van der Waals surface area contributed by atoms with Gasteiger partial charge in [0.05, 0.1) is 6.61 Å². The molecule has 0 aromatic heterocycles. The van der Waals surface area contributed by atoms with Crippen LogP contribution in [0.15, 0.2) is 0 Å². The van der Waals surface area contributed by atoms with E-state index in [9.17, 15) is 4.79 Å². The Labute approximate surface area is 228 Å². The van der Waals surface area contributed by atoms with Gasteiger partial charge in [0.1, 0.15) is 0 Å². The quantitative estimate of drug-likeness (QED) is 0.0712. The van der Waals surface area contributed by atoms with E-state index in [0.717, 1.165) is 6.42 Å². The minimum Gasteiger partial charge on any atom is -0.466 e. The number of esters is 1. The topological polar surface area (TPSA) is 26.3 Å². The van der Waals surface area contributed by atoms with Gasteiger partial charge >= 0.3 is 5.97 Å². The van der Waals surface area contributed by atoms with Crippen LogP contribution < -0.4 is 0 Å². The first-order valence-electron chi connectivity index (χ1n) is 16.9. The molecule has 0 amide bonds. The lowest BCUT2D eigenvalue weighted by Crippen LogP contribution is -2.13. The van der Waals surface area contributed by atoms with Crippen LogP contribution in [0, 0.1) is 5.92 Å². The first-order chi connectivity index (χ1) is 17.7. The van der Waals surface area contributed by atoms with Crippen molar-refractivity contribution in [3.05, 3.63) is 0 Å². The fourth-order valence-electron chi connectivity index (χ4n) is 5.38. The second-order valence-corrected chi connectivity index (χ2v) is 11.6. The van der Waals surface area contributed by atoms with Gasteiger partial charge in [0.2, 0.25) is 0 Å². The lowest BCUT2D eigenvalue weighted by atomic mass is 9.91. The van der Waals surface area contributed by atoms with Crippen molar-refractivity contribution < 1.29 is 9.53 Å². The zero-order valence-corrected chi connectivity index (χ0v) is 25.4. The Bertz CT molecular complexity index is 403. The van der Waals surface area contributed by atoms with E-state index in [4.69, 9.17) is 4.74 Å². The molecule has 2 heteroatoms. The van der Waals surface area contributed by atoms with Crippen molar-refractivity contribution in [2.45, 2.75) is 201 Å². The molecule has 0 spiro atoms. The molecule has 0 fully saturated rings. The van der Waals surface area contributed by atoms with Crippen molar-refractivity contribution in [2.24, 2.45) is 5.92 Å². The van der Waals surface area contributed by atoms with Crippen LogP contribution >= 0.6 is 0 Å². The van der Waals surface area contributed by atoms with E-state index in [2.05, 4.69) is 20.8 Å². The standard InChI is InChI=1S/C34H68O2/c1-4-7-10-13-16-17-18-19-20-21-22-25-28-31-36-34(35)32-33(29-26-23-14-11-8-5-2)30-27-24-15-12-9-6-3/h33H,4-32H2,1-3H3. The highest BCUT2D eigenvalue weighted by Crippen LogP contribution is 2.23. The average Bonchev–Trinajstić information content (AvgIpc) is 2.88. The number of carbonyl (C=O) groups excluding carboxylic acids is 1. The zero-order chi connectivity index (χ0) is 26.4. The van der Waals surface area contributed by atoms with Gasteiger partial charge in [0, 0.05) is 6.42 Å². The fraction of sp³-hybridized carbons (Fsp3) is 0.971. The van der Waals surface area contributed by atoms with Crippen molar-refractivity contribution >= 4 is 5.97 Å². The molecule has 0 aromatic rings. The van der Waals surface area contributed by atoms with Gasteiger partial charge in [0.25, 0.3) is 0 Å². The summed E-state index contributed by atoms with van der Waals surface area (Å²) in [6.07, 6.45) is 36.8. The summed E-state index contributed by atoms with van der Waals surface area (Å²) < 4.78 is 5.65. The van der Waals surface area contributed by atoms with Crippen LogP contribution in [0.5, 0.6) is 0 Å². The molecule has 0 unspecified atom stereocenters. The molecule has 0 aromatic carbocycles. The molecule has 0 saturated heterocycles. The van der Waals surface area contributed by atoms with Gasteiger partial charge in [-0.1, -0.05) is 175 Å². The molecule has 2 nitrogen and oxygen atoms in total. The van der Waals surface area contributed by atoms with Crippen LogP contribution in [-0.4, -0.2) is 12.6 Å². The zero-order valence-electron chi connectivity index (χ0n) is 25.4. The molecule has 0 radical (unpaired) electrons. The minimum atomic E-state index is 0.0657. The number of unbranched alkanes of at least 4 members (excludes halogenated alkanes) is 22. The predicted molar refractivity (Wildman–Crippen MR) is 161 cm³/mol. The highest BCUT2D eigenvalue weighted by atomic mass is 16.5. The third-order valence-corrected chi connectivity index (χ3v) is 7.90. The highest BCUT2D eigenvalue weighted by molar-refractivity contribution is 5.69. The van der Waals surface area contributed by atoms with Crippen LogP contribution in [0.4, 0.5) is 0 Å². The maximum atomic E-state index is 12.5. The highest BCUT2D eigenvalue weighted by Gasteiger charge is 2.15. The second-order valence-electron chi connectivity index (χ2n) is 11.6. The van der Waals surface area contributed by atoms with E-state index in [1.54, 1.807) is 0 Å². The van der Waals surface area contributed by atoms with Gasteiger partial charge in [-0.25, -0.2) is 0 Å². The van der Waals surface area contributed by atoms with Crippen molar-refractivity contribution in [3.63, 3.8) is 0 Å². The Hall–Kier alpha value is -0.530. The third-order valence-electron chi connectivity index (χ3n) is 7.90. The van der Waals surface area contributed by atoms with Crippen molar-refractivity contribution in [1.29, 1.82) is 0 Å². The molecule has 36 heavy (non-hydrogen) atoms. The minimum absolute atomic E-state index is 0.0657. The lowest BCUT2D eigenvalue weighted by Gasteiger charge is -2.16. The second kappa shape index (κ2) is 30.7. The van der Waals surface area contributed by atoms with Crippen LogP contribution in [0.3, 0.4) is 0 Å². The van der Waals surface area contributed by atoms with Gasteiger partial charge in [-0.15, -0.1) is 0 Å². The van der Waals surface area contributed by atoms with Crippen LogP contribution in [0.2, 0.25) is 0 Å². The Balaban J connectivity index is 3.80. The molecular weight excluding hydrogens is 440 g/mol. The van der Waals surface area contributed by atoms with Crippen LogP contribution in [-0.2, 0) is 9.53 Å². The molecule has 0 aliphatic carbocycles. The monoisotopic (exact) mass is 509 g/mol. The van der Waals surface area contributed by atoms with Gasteiger partial charge in [0.15, 0.2) is 0 Å². The largest absolute Gasteiger partial charge is 0.466 e. The molecule has 0 bridgehead atoms. The Morgan fingerprint density at radius 3 is 1.11 bits per heavy atom. The number of hydrogen-bond donors (Lipinski definition) is 0. The van der Waals surface area contributed by atoms with Gasteiger partial charge in [-0.2, -0.15) is 0 Å². The third kappa shape index (κ3) is 28.0. The molecule has 0 N–H and O–H groups in total. The predicted octanol–water partition coefficient (Wildman–Crippen LogP) is 12.1. The van der Waals surface area contributed by atoms with E-state index in [-0.39, 0.29) is 5.97 Å². The summed E-state index contributed by atoms with van der Waals surface area (Å²) in [5.41, 5.74) is 0. The molecule has 0 aliphatic heterocycles. The number of ether oxygens (including phenoxy) is 1. The van der Waals surface area contributed by atoms with Crippen molar-refractivity contribution in [3.8, 4) is 0 Å². The summed E-state index contributed by atoms with van der Waals surface area (Å²) >= 11 is 0. The Kier molecular flexibility index (Phi) is 30.2. The number of carbonyl (C=O) groups is 1. The summed E-state index contributed by atoms with van der Waals surface area (Å²) in [5.74, 6) is 0.609. The molecule has 0 rings (SSSR count). The van der Waals surface area contributed by atoms with Crippen molar-refractivity contribution in [2.75, 3.05) is 6.61 Å². The molecule has 0 aliphatic rings. The molecule has 0 heterocycles. The summed E-state index contributed by atoms with van der Waals surface area (Å²) in [4.78, 5) is 12.5. The lowest BCUT2D eigenvalue weighted by molar-refractivity contribution is -0.145.